The van der Waals surface area contributed by atoms with Gasteiger partial charge in [0.1, 0.15) is 11.7 Å². The summed E-state index contributed by atoms with van der Waals surface area (Å²) in [6.45, 7) is 2.15. The largest absolute Gasteiger partial charge is 0.469 e. The lowest BCUT2D eigenvalue weighted by molar-refractivity contribution is -0.140. The van der Waals surface area contributed by atoms with Gasteiger partial charge >= 0.3 is 5.97 Å². The van der Waals surface area contributed by atoms with E-state index in [4.69, 9.17) is 16.3 Å². The van der Waals surface area contributed by atoms with Crippen molar-refractivity contribution >= 4 is 23.4 Å². The van der Waals surface area contributed by atoms with Crippen molar-refractivity contribution in [3.63, 3.8) is 0 Å². The van der Waals surface area contributed by atoms with E-state index in [1.54, 1.807) is 12.2 Å². The number of esters is 1. The number of carbonyl (C=O) groups is 2. The van der Waals surface area contributed by atoms with Crippen LogP contribution < -0.4 is 0 Å². The minimum Gasteiger partial charge on any atom is -0.469 e. The Labute approximate surface area is 166 Å². The molecule has 6 heteroatoms. The monoisotopic (exact) mass is 396 g/mol. The van der Waals surface area contributed by atoms with Gasteiger partial charge in [0.15, 0.2) is 0 Å². The predicted octanol–water partition coefficient (Wildman–Crippen LogP) is 3.99. The molecule has 1 aliphatic carbocycles. The Morgan fingerprint density at radius 2 is 2.00 bits per heavy atom. The number of hydrogen-bond acceptors (Lipinski definition) is 5. The van der Waals surface area contributed by atoms with Gasteiger partial charge in [-0.25, -0.2) is 0 Å². The zero-order valence-corrected chi connectivity index (χ0v) is 16.8. The molecule has 1 saturated heterocycles. The summed E-state index contributed by atoms with van der Waals surface area (Å²) >= 11 is 6.19. The average molecular weight is 397 g/mol. The smallest absolute Gasteiger partial charge is 0.305 e. The molecule has 27 heavy (non-hydrogen) atoms. The third-order valence-electron chi connectivity index (χ3n) is 4.97. The second kappa shape index (κ2) is 9.67. The first-order valence-electron chi connectivity index (χ1n) is 9.63. The molecule has 2 aliphatic rings. The van der Waals surface area contributed by atoms with Gasteiger partial charge in [-0.3, -0.25) is 9.59 Å². The van der Waals surface area contributed by atoms with Crippen LogP contribution in [0.15, 0.2) is 36.0 Å². The number of rotatable bonds is 11. The summed E-state index contributed by atoms with van der Waals surface area (Å²) in [4.78, 5) is 23.6. The molecule has 0 radical (unpaired) electrons. The summed E-state index contributed by atoms with van der Waals surface area (Å²) in [7, 11) is 1.36. The number of ether oxygens (including phenoxy) is 2. The highest BCUT2D eigenvalue weighted by molar-refractivity contribution is 6.41. The zero-order chi connectivity index (χ0) is 19.9. The molecule has 0 bridgehead atoms. The van der Waals surface area contributed by atoms with Crippen molar-refractivity contribution in [3.8, 4) is 0 Å². The van der Waals surface area contributed by atoms with Gasteiger partial charge in [0, 0.05) is 18.4 Å². The van der Waals surface area contributed by atoms with Crippen molar-refractivity contribution in [1.82, 2.24) is 0 Å². The quantitative estimate of drug-likeness (QED) is 0.143. The van der Waals surface area contributed by atoms with Crippen LogP contribution in [0.3, 0.4) is 0 Å². The van der Waals surface area contributed by atoms with Crippen LogP contribution in [0.1, 0.15) is 58.3 Å². The zero-order valence-electron chi connectivity index (χ0n) is 16.1. The van der Waals surface area contributed by atoms with Gasteiger partial charge < -0.3 is 14.6 Å². The molecular weight excluding hydrogens is 368 g/mol. The second-order valence-electron chi connectivity index (χ2n) is 7.04. The third kappa shape index (κ3) is 5.09. The van der Waals surface area contributed by atoms with Crippen LogP contribution in [0.2, 0.25) is 0 Å². The molecule has 0 aromatic carbocycles. The Morgan fingerprint density at radius 3 is 2.70 bits per heavy atom. The van der Waals surface area contributed by atoms with E-state index >= 15 is 0 Å². The van der Waals surface area contributed by atoms with E-state index in [0.717, 1.165) is 19.3 Å². The Morgan fingerprint density at radius 1 is 1.26 bits per heavy atom. The maximum Gasteiger partial charge on any atom is 0.305 e. The highest BCUT2D eigenvalue weighted by Gasteiger charge is 2.77. The SMILES string of the molecule is CCCCC/C=C\CC1(O)/C(=C\C=C\CCCC(=O)OC)C(=O)C2(Cl)OC21. The van der Waals surface area contributed by atoms with E-state index in [9.17, 15) is 14.7 Å². The molecule has 1 aliphatic heterocycles. The number of epoxide rings is 1. The lowest BCUT2D eigenvalue weighted by Gasteiger charge is -2.23. The van der Waals surface area contributed by atoms with E-state index in [0.29, 0.717) is 25.7 Å². The summed E-state index contributed by atoms with van der Waals surface area (Å²) in [6, 6.07) is 0. The van der Waals surface area contributed by atoms with Gasteiger partial charge in [-0.05, 0) is 25.7 Å². The molecule has 3 atom stereocenters. The molecular formula is C21H29ClO5. The highest BCUT2D eigenvalue weighted by Crippen LogP contribution is 2.59. The van der Waals surface area contributed by atoms with Crippen molar-refractivity contribution in [2.75, 3.05) is 7.11 Å². The number of methoxy groups -OCH3 is 1. The van der Waals surface area contributed by atoms with Crippen LogP contribution in [-0.2, 0) is 19.1 Å². The van der Waals surface area contributed by atoms with Crippen molar-refractivity contribution in [2.45, 2.75) is 75.1 Å². The molecule has 1 N–H and O–H groups in total. The number of allylic oxidation sites excluding steroid dienone is 4. The number of hydrogen-bond donors (Lipinski definition) is 1. The second-order valence-corrected chi connectivity index (χ2v) is 7.61. The molecule has 3 unspecified atom stereocenters. The van der Waals surface area contributed by atoms with Crippen molar-refractivity contribution in [3.05, 3.63) is 36.0 Å². The standard InChI is InChI=1S/C21H29ClO5/c1-3-4-5-6-9-12-15-20(25)16(18(24)21(22)19(20)27-21)13-10-7-8-11-14-17(23)26-2/h7,9-10,12-13,19,25H,3-6,8,11,14-15H2,1-2H3/b10-7+,12-9-,16-13-. The number of fused-ring (bicyclic) bond motifs is 1. The number of carbonyl (C=O) groups excluding carboxylic acids is 2. The highest BCUT2D eigenvalue weighted by atomic mass is 35.5. The normalized spacial score (nSPS) is 31.2. The molecule has 5 nitrogen and oxygen atoms in total. The number of ketones is 1. The van der Waals surface area contributed by atoms with E-state index in [-0.39, 0.29) is 17.3 Å². The summed E-state index contributed by atoms with van der Waals surface area (Å²) < 4.78 is 9.88. The van der Waals surface area contributed by atoms with Gasteiger partial charge in [0.25, 0.3) is 0 Å². The number of Topliss-reactive ketones (excluding diaryl/α,β-unsaturated/α-hetero) is 1. The van der Waals surface area contributed by atoms with Gasteiger partial charge in [-0.1, -0.05) is 61.7 Å². The third-order valence-corrected chi connectivity index (χ3v) is 5.43. The van der Waals surface area contributed by atoms with Crippen LogP contribution in [0.4, 0.5) is 0 Å². The summed E-state index contributed by atoms with van der Waals surface area (Å²) in [5.41, 5.74) is -1.10. The fraction of sp³-hybridized carbons (Fsp3) is 0.619. The maximum absolute atomic E-state index is 12.5. The number of unbranched alkanes of at least 4 members (excludes halogenated alkanes) is 4. The fourth-order valence-corrected chi connectivity index (χ4v) is 3.66. The fourth-order valence-electron chi connectivity index (χ4n) is 3.29. The van der Waals surface area contributed by atoms with Crippen LogP contribution in [-0.4, -0.2) is 40.7 Å². The molecule has 0 spiro atoms. The molecule has 150 valence electrons. The first-order chi connectivity index (χ1) is 12.9. The maximum atomic E-state index is 12.5. The van der Waals surface area contributed by atoms with Gasteiger partial charge in [0.05, 0.1) is 7.11 Å². The number of aliphatic hydroxyl groups is 1. The van der Waals surface area contributed by atoms with E-state index in [2.05, 4.69) is 11.7 Å². The van der Waals surface area contributed by atoms with Crippen molar-refractivity contribution in [2.24, 2.45) is 0 Å². The van der Waals surface area contributed by atoms with Crippen LogP contribution in [0.5, 0.6) is 0 Å². The molecule has 2 fully saturated rings. The van der Waals surface area contributed by atoms with E-state index in [1.807, 2.05) is 18.2 Å². The minimum atomic E-state index is -1.41. The number of halogens is 1. The molecule has 2 rings (SSSR count). The lowest BCUT2D eigenvalue weighted by atomic mass is 9.90. The molecule has 0 aromatic heterocycles. The molecule has 1 saturated carbocycles. The van der Waals surface area contributed by atoms with Crippen LogP contribution >= 0.6 is 11.6 Å². The summed E-state index contributed by atoms with van der Waals surface area (Å²) in [6.07, 6.45) is 14.8. The predicted molar refractivity (Wildman–Crippen MR) is 104 cm³/mol. The Hall–Kier alpha value is -1.43. The lowest BCUT2D eigenvalue weighted by Crippen LogP contribution is -2.35. The van der Waals surface area contributed by atoms with Crippen molar-refractivity contribution in [1.29, 1.82) is 0 Å². The van der Waals surface area contributed by atoms with Crippen LogP contribution in [0, 0.1) is 0 Å². The van der Waals surface area contributed by atoms with Gasteiger partial charge in [-0.2, -0.15) is 0 Å². The van der Waals surface area contributed by atoms with Gasteiger partial charge in [0.2, 0.25) is 10.8 Å². The van der Waals surface area contributed by atoms with Gasteiger partial charge in [-0.15, -0.1) is 0 Å². The Kier molecular flexibility index (Phi) is 7.83. The van der Waals surface area contributed by atoms with E-state index < -0.39 is 16.8 Å². The molecule has 0 amide bonds. The van der Waals surface area contributed by atoms with E-state index in [1.165, 1.54) is 13.5 Å². The topological polar surface area (TPSA) is 76.1 Å². The molecule has 1 heterocycles. The van der Waals surface area contributed by atoms with Crippen molar-refractivity contribution < 1.29 is 24.2 Å². The molecule has 0 aromatic rings. The first kappa shape index (κ1) is 21.9. The Balaban J connectivity index is 1.95. The Bertz CT molecular complexity index is 638. The first-order valence-corrected chi connectivity index (χ1v) is 10.0. The minimum absolute atomic E-state index is 0.242. The average Bonchev–Trinajstić information content (AvgIpc) is 3.33. The summed E-state index contributed by atoms with van der Waals surface area (Å²) in [5, 5.41) is 9.65. The van der Waals surface area contributed by atoms with Crippen LogP contribution in [0.25, 0.3) is 0 Å². The summed E-state index contributed by atoms with van der Waals surface area (Å²) in [5.74, 6) is -0.607. The number of alkyl halides is 1.